The third-order valence-corrected chi connectivity index (χ3v) is 18.5. The number of aliphatic hydroxyl groups excluding tert-OH is 11. The number of carbonyl (C=O) groups excluding carboxylic acids is 2. The fraction of sp³-hybridized carbons (Fsp3) is 0.928. The van der Waals surface area contributed by atoms with Crippen molar-refractivity contribution in [2.75, 3.05) is 26.4 Å². The molecule has 0 saturated carbocycles. The van der Waals surface area contributed by atoms with Gasteiger partial charge in [0, 0.05) is 19.8 Å². The number of amides is 2. The molecule has 18 atom stereocenters. The molecular formula is C69H128N2O21. The molecular weight excluding hydrogens is 1190 g/mol. The maximum Gasteiger partial charge on any atom is 0.364 e. The molecule has 0 aromatic heterocycles. The van der Waals surface area contributed by atoms with Gasteiger partial charge in [-0.1, -0.05) is 244 Å². The highest BCUT2D eigenvalue weighted by molar-refractivity contribution is 5.77. The molecule has 23 heteroatoms. The number of allylic oxidation sites excluding steroid dienone is 1. The second kappa shape index (κ2) is 49.9. The molecule has 3 aliphatic heterocycles. The summed E-state index contributed by atoms with van der Waals surface area (Å²) >= 11 is 0. The standard InChI is InChI=1S/C69H128N2O21/c1-4-6-8-10-12-14-16-18-20-22-24-26-28-30-32-34-36-38-40-42-51(76)50(71-56(79)43-41-39-37-35-33-31-29-27-25-23-21-19-17-15-13-11-9-7-5-2)48-87-66-61(83)60(82)63(55(47-74)89-66)90-67-62(84)65(59(81)54(46-73)88-67)92-69(68(85)86)44-52(77)57(70-49(3)75)64(91-69)58(80)53(78)45-72/h40,42,50-55,57-67,72-74,76-78,80-84H,4-39,41,43-48H2,1-3H3,(H,70,75)(H,71,79)(H,85,86)/b42-40+. The molecule has 0 aromatic rings. The second-order valence-corrected chi connectivity index (χ2v) is 26.5. The number of nitrogens with one attached hydrogen (secondary N) is 2. The number of carboxylic acids is 1. The van der Waals surface area contributed by atoms with Crippen LogP contribution in [0.25, 0.3) is 0 Å². The van der Waals surface area contributed by atoms with Gasteiger partial charge < -0.3 is 100 Å². The van der Waals surface area contributed by atoms with Crippen molar-refractivity contribution in [1.29, 1.82) is 0 Å². The molecule has 0 aliphatic carbocycles. The van der Waals surface area contributed by atoms with Gasteiger partial charge in [-0.3, -0.25) is 9.59 Å². The molecule has 0 bridgehead atoms. The van der Waals surface area contributed by atoms with Crippen molar-refractivity contribution >= 4 is 17.8 Å². The molecule has 3 rings (SSSR count). The van der Waals surface area contributed by atoms with Crippen LogP contribution in [0, 0.1) is 0 Å². The Labute approximate surface area is 550 Å². The van der Waals surface area contributed by atoms with Crippen LogP contribution < -0.4 is 10.6 Å². The summed E-state index contributed by atoms with van der Waals surface area (Å²) in [6.45, 7) is 2.17. The minimum absolute atomic E-state index is 0.205. The van der Waals surface area contributed by atoms with Crippen LogP contribution in [0.2, 0.25) is 0 Å². The lowest BCUT2D eigenvalue weighted by atomic mass is 9.88. The van der Waals surface area contributed by atoms with Crippen molar-refractivity contribution in [3.8, 4) is 0 Å². The van der Waals surface area contributed by atoms with E-state index in [-0.39, 0.29) is 12.3 Å². The van der Waals surface area contributed by atoms with Gasteiger partial charge in [-0.2, -0.15) is 0 Å². The molecule has 0 aromatic carbocycles. The van der Waals surface area contributed by atoms with Crippen LogP contribution >= 0.6 is 0 Å². The monoisotopic (exact) mass is 1320 g/mol. The van der Waals surface area contributed by atoms with Gasteiger partial charge in [0.15, 0.2) is 12.6 Å². The smallest absolute Gasteiger partial charge is 0.364 e. The van der Waals surface area contributed by atoms with E-state index in [0.717, 1.165) is 51.9 Å². The van der Waals surface area contributed by atoms with E-state index >= 15 is 0 Å². The van der Waals surface area contributed by atoms with Gasteiger partial charge in [-0.05, 0) is 19.3 Å². The van der Waals surface area contributed by atoms with E-state index in [4.69, 9.17) is 28.4 Å². The van der Waals surface area contributed by atoms with E-state index in [1.807, 2.05) is 6.08 Å². The topological polar surface area (TPSA) is 373 Å². The summed E-state index contributed by atoms with van der Waals surface area (Å²) in [6.07, 6.45) is 19.6. The van der Waals surface area contributed by atoms with E-state index in [2.05, 4.69) is 24.5 Å². The molecule has 540 valence electrons. The molecule has 3 heterocycles. The molecule has 0 spiro atoms. The molecule has 18 unspecified atom stereocenters. The maximum absolute atomic E-state index is 13.5. The maximum atomic E-state index is 13.5. The third-order valence-electron chi connectivity index (χ3n) is 18.5. The van der Waals surface area contributed by atoms with E-state index in [1.54, 1.807) is 6.08 Å². The van der Waals surface area contributed by atoms with E-state index in [0.29, 0.717) is 12.8 Å². The average Bonchev–Trinajstić information content (AvgIpc) is 0.767. The predicted octanol–water partition coefficient (Wildman–Crippen LogP) is 7.07. The molecule has 23 nitrogen and oxygen atoms in total. The molecule has 3 aliphatic rings. The van der Waals surface area contributed by atoms with Gasteiger partial charge in [0.25, 0.3) is 5.79 Å². The molecule has 3 fully saturated rings. The van der Waals surface area contributed by atoms with Crippen LogP contribution in [0.1, 0.15) is 271 Å². The second-order valence-electron chi connectivity index (χ2n) is 26.5. The third kappa shape index (κ3) is 31.8. The van der Waals surface area contributed by atoms with Crippen molar-refractivity contribution in [3.63, 3.8) is 0 Å². The lowest BCUT2D eigenvalue weighted by Gasteiger charge is -2.50. The van der Waals surface area contributed by atoms with Gasteiger partial charge in [-0.15, -0.1) is 0 Å². The Balaban J connectivity index is 1.59. The normalized spacial score (nSPS) is 28.3. The first-order valence-electron chi connectivity index (χ1n) is 36.1. The van der Waals surface area contributed by atoms with Gasteiger partial charge >= 0.3 is 5.97 Å². The SMILES string of the molecule is CCCCCCCCCCCCCCCCCCC/C=C/C(O)C(COC1OC(CO)C(OC2OC(CO)C(O)C(OC3(C(=O)O)CC(O)C(NC(C)=O)C(C(O)C(O)CO)O3)C2O)C(O)C1O)NC(=O)CCCCCCCCCCCCCCCCCCCCC. The number of ether oxygens (including phenoxy) is 6. The Hall–Kier alpha value is -2.53. The quantitative estimate of drug-likeness (QED) is 0.0214. The molecule has 14 N–H and O–H groups in total. The summed E-state index contributed by atoms with van der Waals surface area (Å²) in [5, 5.41) is 136. The fourth-order valence-corrected chi connectivity index (χ4v) is 12.7. The van der Waals surface area contributed by atoms with Crippen LogP contribution in [0.5, 0.6) is 0 Å². The van der Waals surface area contributed by atoms with E-state index < -0.39 is 155 Å². The number of aliphatic carboxylic acids is 1. The van der Waals surface area contributed by atoms with Crippen LogP contribution in [-0.2, 0) is 42.8 Å². The molecule has 92 heavy (non-hydrogen) atoms. The van der Waals surface area contributed by atoms with Crippen LogP contribution in [-0.4, -0.2) is 215 Å². The van der Waals surface area contributed by atoms with E-state index in [9.17, 15) is 75.7 Å². The lowest BCUT2D eigenvalue weighted by molar-refractivity contribution is -0.386. The number of hydrogen-bond donors (Lipinski definition) is 14. The highest BCUT2D eigenvalue weighted by Crippen LogP contribution is 2.39. The first-order chi connectivity index (χ1) is 44.4. The van der Waals surface area contributed by atoms with Gasteiger partial charge in [-0.25, -0.2) is 4.79 Å². The van der Waals surface area contributed by atoms with Crippen molar-refractivity contribution in [2.45, 2.75) is 381 Å². The predicted molar refractivity (Wildman–Crippen MR) is 348 cm³/mol. The number of rotatable bonds is 55. The average molecular weight is 1320 g/mol. The van der Waals surface area contributed by atoms with E-state index in [1.165, 1.54) is 180 Å². The summed E-state index contributed by atoms with van der Waals surface area (Å²) in [5.41, 5.74) is 0. The summed E-state index contributed by atoms with van der Waals surface area (Å²) in [5.74, 6) is -6.13. The molecule has 3 saturated heterocycles. The molecule has 2 amide bonds. The fourth-order valence-electron chi connectivity index (χ4n) is 12.7. The van der Waals surface area contributed by atoms with Crippen molar-refractivity contribution in [3.05, 3.63) is 12.2 Å². The van der Waals surface area contributed by atoms with Gasteiger partial charge in [0.1, 0.15) is 67.1 Å². The highest BCUT2D eigenvalue weighted by atomic mass is 16.8. The van der Waals surface area contributed by atoms with Gasteiger partial charge in [0.05, 0.1) is 50.7 Å². The van der Waals surface area contributed by atoms with Crippen molar-refractivity contribution < 1.29 is 104 Å². The number of carboxylic acid groups (broad SMARTS) is 1. The Bertz CT molecular complexity index is 1910. The Morgan fingerprint density at radius 1 is 0.565 bits per heavy atom. The minimum atomic E-state index is -3.08. The number of unbranched alkanes of at least 4 members (excludes halogenated alkanes) is 35. The Morgan fingerprint density at radius 3 is 1.45 bits per heavy atom. The number of hydrogen-bond acceptors (Lipinski definition) is 20. The number of carbonyl (C=O) groups is 3. The largest absolute Gasteiger partial charge is 0.477 e. The summed E-state index contributed by atoms with van der Waals surface area (Å²) in [4.78, 5) is 38.6. The van der Waals surface area contributed by atoms with Crippen molar-refractivity contribution in [1.82, 2.24) is 10.6 Å². The summed E-state index contributed by atoms with van der Waals surface area (Å²) < 4.78 is 34.8. The minimum Gasteiger partial charge on any atom is -0.477 e. The molecule has 0 radical (unpaired) electrons. The Morgan fingerprint density at radius 2 is 1.01 bits per heavy atom. The highest BCUT2D eigenvalue weighted by Gasteiger charge is 2.60. The van der Waals surface area contributed by atoms with Crippen LogP contribution in [0.15, 0.2) is 12.2 Å². The number of aliphatic hydroxyl groups is 11. The Kier molecular flexibility index (Phi) is 45.4. The van der Waals surface area contributed by atoms with Crippen molar-refractivity contribution in [2.24, 2.45) is 0 Å². The first kappa shape index (κ1) is 83.7. The summed E-state index contributed by atoms with van der Waals surface area (Å²) in [6, 6.07) is -2.61. The first-order valence-corrected chi connectivity index (χ1v) is 36.1. The van der Waals surface area contributed by atoms with Crippen LogP contribution in [0.4, 0.5) is 0 Å². The lowest BCUT2D eigenvalue weighted by Crippen LogP contribution is -2.70. The van der Waals surface area contributed by atoms with Gasteiger partial charge in [0.2, 0.25) is 11.8 Å². The zero-order chi connectivity index (χ0) is 67.5. The summed E-state index contributed by atoms with van der Waals surface area (Å²) in [7, 11) is 0. The zero-order valence-corrected chi connectivity index (χ0v) is 56.4. The zero-order valence-electron chi connectivity index (χ0n) is 56.4. The van der Waals surface area contributed by atoms with Crippen LogP contribution in [0.3, 0.4) is 0 Å².